The monoisotopic (exact) mass is 241 g/mol. The molecule has 0 bridgehead atoms. The summed E-state index contributed by atoms with van der Waals surface area (Å²) in [4.78, 5) is 1.38. The van der Waals surface area contributed by atoms with Crippen molar-refractivity contribution < 1.29 is 4.74 Å². The first-order valence-corrected chi connectivity index (χ1v) is 7.02. The van der Waals surface area contributed by atoms with Gasteiger partial charge in [-0.2, -0.15) is 0 Å². The zero-order valence-electron chi connectivity index (χ0n) is 10.6. The molecule has 0 spiro atoms. The molecule has 1 aromatic rings. The molecule has 0 aromatic carbocycles. The Hall–Kier alpha value is -0.380. The molecule has 2 nitrogen and oxygen atoms in total. The zero-order chi connectivity index (χ0) is 11.8. The van der Waals surface area contributed by atoms with Crippen LogP contribution in [0.25, 0.3) is 0 Å². The van der Waals surface area contributed by atoms with E-state index in [-0.39, 0.29) is 0 Å². The predicted octanol–water partition coefficient (Wildman–Crippen LogP) is 3.52. The van der Waals surface area contributed by atoms with Crippen LogP contribution in [0.3, 0.4) is 0 Å². The van der Waals surface area contributed by atoms with E-state index in [0.717, 1.165) is 26.2 Å². The summed E-state index contributed by atoms with van der Waals surface area (Å²) in [5, 5.41) is 5.84. The summed E-state index contributed by atoms with van der Waals surface area (Å²) in [6.07, 6.45) is 2.23. The largest absolute Gasteiger partial charge is 0.382 e. The van der Waals surface area contributed by atoms with Gasteiger partial charge in [0.25, 0.3) is 0 Å². The minimum atomic E-state index is 0.455. The van der Waals surface area contributed by atoms with Crippen molar-refractivity contribution >= 4 is 11.3 Å². The summed E-state index contributed by atoms with van der Waals surface area (Å²) in [5.41, 5.74) is 1.41. The minimum absolute atomic E-state index is 0.455. The fourth-order valence-electron chi connectivity index (χ4n) is 1.70. The van der Waals surface area contributed by atoms with Gasteiger partial charge in [-0.05, 0) is 50.2 Å². The Morgan fingerprint density at radius 1 is 1.44 bits per heavy atom. The minimum Gasteiger partial charge on any atom is -0.382 e. The molecule has 1 rings (SSSR count). The van der Waals surface area contributed by atoms with E-state index in [1.807, 2.05) is 18.3 Å². The summed E-state index contributed by atoms with van der Waals surface area (Å²) in [6.45, 7) is 9.13. The lowest BCUT2D eigenvalue weighted by molar-refractivity contribution is 0.136. The van der Waals surface area contributed by atoms with Crippen LogP contribution < -0.4 is 5.32 Å². The van der Waals surface area contributed by atoms with Crippen molar-refractivity contribution in [2.45, 2.75) is 39.7 Å². The SMILES string of the molecule is CCCNC(CCOCC)c1csc(C)c1. The Morgan fingerprint density at radius 2 is 2.25 bits per heavy atom. The molecule has 92 valence electrons. The normalized spacial score (nSPS) is 12.9. The maximum Gasteiger partial charge on any atom is 0.0484 e. The van der Waals surface area contributed by atoms with Crippen LogP contribution in [0.15, 0.2) is 11.4 Å². The average molecular weight is 241 g/mol. The van der Waals surface area contributed by atoms with E-state index in [4.69, 9.17) is 4.74 Å². The van der Waals surface area contributed by atoms with Gasteiger partial charge in [-0.1, -0.05) is 6.92 Å². The Morgan fingerprint density at radius 3 is 2.81 bits per heavy atom. The molecule has 1 atom stereocenters. The van der Waals surface area contributed by atoms with Crippen LogP contribution in [0.5, 0.6) is 0 Å². The van der Waals surface area contributed by atoms with Crippen LogP contribution in [0.1, 0.15) is 43.2 Å². The Labute approximate surface area is 103 Å². The fraction of sp³-hybridized carbons (Fsp3) is 0.692. The van der Waals surface area contributed by atoms with Gasteiger partial charge in [-0.15, -0.1) is 11.3 Å². The van der Waals surface area contributed by atoms with E-state index in [2.05, 4.69) is 30.6 Å². The van der Waals surface area contributed by atoms with Gasteiger partial charge in [-0.3, -0.25) is 0 Å². The van der Waals surface area contributed by atoms with E-state index in [1.54, 1.807) is 0 Å². The number of hydrogen-bond acceptors (Lipinski definition) is 3. The molecule has 3 heteroatoms. The van der Waals surface area contributed by atoms with Gasteiger partial charge in [0, 0.05) is 24.1 Å². The maximum absolute atomic E-state index is 5.44. The van der Waals surface area contributed by atoms with Gasteiger partial charge in [0.05, 0.1) is 0 Å². The van der Waals surface area contributed by atoms with Gasteiger partial charge in [0.15, 0.2) is 0 Å². The van der Waals surface area contributed by atoms with Crippen molar-refractivity contribution in [2.75, 3.05) is 19.8 Å². The van der Waals surface area contributed by atoms with Crippen LogP contribution in [-0.2, 0) is 4.74 Å². The van der Waals surface area contributed by atoms with Crippen molar-refractivity contribution in [1.29, 1.82) is 0 Å². The molecule has 0 saturated carbocycles. The van der Waals surface area contributed by atoms with Crippen LogP contribution in [0.2, 0.25) is 0 Å². The molecule has 1 unspecified atom stereocenters. The molecular formula is C13H23NOS. The summed E-state index contributed by atoms with van der Waals surface area (Å²) in [7, 11) is 0. The third-order valence-electron chi connectivity index (χ3n) is 2.55. The average Bonchev–Trinajstić information content (AvgIpc) is 2.70. The molecule has 0 aliphatic heterocycles. The first-order chi connectivity index (χ1) is 7.77. The van der Waals surface area contributed by atoms with Crippen molar-refractivity contribution in [2.24, 2.45) is 0 Å². The number of hydrogen-bond donors (Lipinski definition) is 1. The zero-order valence-corrected chi connectivity index (χ0v) is 11.4. The van der Waals surface area contributed by atoms with E-state index in [1.165, 1.54) is 16.9 Å². The standard InChI is InChI=1S/C13H23NOS/c1-4-7-14-13(6-8-15-5-2)12-9-11(3)16-10-12/h9-10,13-14H,4-8H2,1-3H3. The fourth-order valence-corrected chi connectivity index (χ4v) is 2.46. The van der Waals surface area contributed by atoms with Gasteiger partial charge in [0.1, 0.15) is 0 Å². The number of aryl methyl sites for hydroxylation is 1. The topological polar surface area (TPSA) is 21.3 Å². The number of nitrogens with one attached hydrogen (secondary N) is 1. The van der Waals surface area contributed by atoms with Gasteiger partial charge in [-0.25, -0.2) is 0 Å². The molecule has 0 saturated heterocycles. The van der Waals surface area contributed by atoms with E-state index >= 15 is 0 Å². The molecule has 0 fully saturated rings. The molecule has 1 N–H and O–H groups in total. The molecule has 0 radical (unpaired) electrons. The first kappa shape index (κ1) is 13.7. The van der Waals surface area contributed by atoms with Crippen LogP contribution in [0.4, 0.5) is 0 Å². The first-order valence-electron chi connectivity index (χ1n) is 6.14. The molecule has 1 aromatic heterocycles. The third-order valence-corrected chi connectivity index (χ3v) is 3.43. The number of rotatable bonds is 8. The van der Waals surface area contributed by atoms with Crippen molar-refractivity contribution in [3.63, 3.8) is 0 Å². The molecule has 0 amide bonds. The van der Waals surface area contributed by atoms with Gasteiger partial charge < -0.3 is 10.1 Å². The Bertz CT molecular complexity index is 285. The summed E-state index contributed by atoms with van der Waals surface area (Å²) in [5.74, 6) is 0. The van der Waals surface area contributed by atoms with Crippen LogP contribution in [0, 0.1) is 6.92 Å². The highest BCUT2D eigenvalue weighted by Crippen LogP contribution is 2.22. The van der Waals surface area contributed by atoms with Gasteiger partial charge in [0.2, 0.25) is 0 Å². The Balaban J connectivity index is 2.49. The van der Waals surface area contributed by atoms with Crippen molar-refractivity contribution in [1.82, 2.24) is 5.32 Å². The van der Waals surface area contributed by atoms with E-state index < -0.39 is 0 Å². The smallest absolute Gasteiger partial charge is 0.0484 e. The highest BCUT2D eigenvalue weighted by atomic mass is 32.1. The number of ether oxygens (including phenoxy) is 1. The van der Waals surface area contributed by atoms with Crippen molar-refractivity contribution in [3.8, 4) is 0 Å². The van der Waals surface area contributed by atoms with Crippen LogP contribution >= 0.6 is 11.3 Å². The van der Waals surface area contributed by atoms with E-state index in [9.17, 15) is 0 Å². The van der Waals surface area contributed by atoms with Crippen LogP contribution in [-0.4, -0.2) is 19.8 Å². The van der Waals surface area contributed by atoms with Crippen molar-refractivity contribution in [3.05, 3.63) is 21.9 Å². The molecule has 1 heterocycles. The lowest BCUT2D eigenvalue weighted by Crippen LogP contribution is -2.23. The molecular weight excluding hydrogens is 218 g/mol. The quantitative estimate of drug-likeness (QED) is 0.703. The maximum atomic E-state index is 5.44. The molecule has 16 heavy (non-hydrogen) atoms. The highest BCUT2D eigenvalue weighted by Gasteiger charge is 2.11. The third kappa shape index (κ3) is 4.64. The summed E-state index contributed by atoms with van der Waals surface area (Å²) < 4.78 is 5.44. The number of thiophene rings is 1. The molecule has 0 aliphatic rings. The summed E-state index contributed by atoms with van der Waals surface area (Å²) in [6, 6.07) is 2.74. The second-order valence-corrected chi connectivity index (χ2v) is 5.10. The molecule has 0 aliphatic carbocycles. The lowest BCUT2D eigenvalue weighted by Gasteiger charge is -2.17. The lowest BCUT2D eigenvalue weighted by atomic mass is 10.1. The second kappa shape index (κ2) is 7.82. The summed E-state index contributed by atoms with van der Waals surface area (Å²) >= 11 is 1.82. The van der Waals surface area contributed by atoms with Gasteiger partial charge >= 0.3 is 0 Å². The predicted molar refractivity (Wildman–Crippen MR) is 71.2 cm³/mol. The second-order valence-electron chi connectivity index (χ2n) is 3.98. The highest BCUT2D eigenvalue weighted by molar-refractivity contribution is 7.10. The Kier molecular flexibility index (Phi) is 6.69. The van der Waals surface area contributed by atoms with E-state index in [0.29, 0.717) is 6.04 Å².